The molecule has 1 aromatic rings. The molecule has 0 atom stereocenters. The summed E-state index contributed by atoms with van der Waals surface area (Å²) in [4.78, 5) is 0. The van der Waals surface area contributed by atoms with Gasteiger partial charge in [-0.15, -0.1) is 0 Å². The molecule has 0 spiro atoms. The molecule has 0 aromatic heterocycles. The quantitative estimate of drug-likeness (QED) is 0.911. The number of benzene rings is 1. The lowest BCUT2D eigenvalue weighted by molar-refractivity contribution is 0.172. The molecule has 0 radical (unpaired) electrons. The van der Waals surface area contributed by atoms with E-state index in [-0.39, 0.29) is 0 Å². The zero-order valence-corrected chi connectivity index (χ0v) is 11.9. The molecule has 0 saturated carbocycles. The molecule has 18 heavy (non-hydrogen) atoms. The topological polar surface area (TPSA) is 39.7 Å². The molecule has 2 aliphatic rings. The van der Waals surface area contributed by atoms with E-state index in [1.807, 2.05) is 6.07 Å². The zero-order chi connectivity index (χ0) is 12.5. The zero-order valence-electron chi connectivity index (χ0n) is 10.3. The Labute approximate surface area is 115 Å². The van der Waals surface area contributed by atoms with Crippen molar-refractivity contribution in [1.82, 2.24) is 5.32 Å². The smallest absolute Gasteiger partial charge is 0.231 e. The van der Waals surface area contributed by atoms with Crippen LogP contribution in [0.15, 0.2) is 10.5 Å². The van der Waals surface area contributed by atoms with Crippen LogP contribution in [0.25, 0.3) is 0 Å². The third-order valence-electron chi connectivity index (χ3n) is 3.56. The second kappa shape index (κ2) is 4.97. The Balaban J connectivity index is 2.09. The average Bonchev–Trinajstić information content (AvgIpc) is 2.85. The van der Waals surface area contributed by atoms with Gasteiger partial charge in [0.2, 0.25) is 6.79 Å². The lowest BCUT2D eigenvalue weighted by Gasteiger charge is -2.26. The summed E-state index contributed by atoms with van der Waals surface area (Å²) >= 11 is 3.55. The molecule has 1 aromatic carbocycles. The second-order valence-electron chi connectivity index (χ2n) is 4.56. The third kappa shape index (κ3) is 1.95. The standard InChI is InChI=1S/C13H16BrNO3/c1-16-12-9(14)6-10-13(18-7-17-10)11(12)8-2-4-15-5-3-8/h6,8,15H,2-5,7H2,1H3. The molecule has 1 fully saturated rings. The fraction of sp³-hybridized carbons (Fsp3) is 0.538. The first-order valence-electron chi connectivity index (χ1n) is 6.18. The highest BCUT2D eigenvalue weighted by molar-refractivity contribution is 9.10. The van der Waals surface area contributed by atoms with Crippen LogP contribution in [0.1, 0.15) is 24.3 Å². The molecule has 2 heterocycles. The normalized spacial score (nSPS) is 19.0. The van der Waals surface area contributed by atoms with E-state index in [9.17, 15) is 0 Å². The van der Waals surface area contributed by atoms with Crippen LogP contribution in [0.2, 0.25) is 0 Å². The number of methoxy groups -OCH3 is 1. The summed E-state index contributed by atoms with van der Waals surface area (Å²) in [7, 11) is 1.70. The highest BCUT2D eigenvalue weighted by Gasteiger charge is 2.30. The Hall–Kier alpha value is -0.940. The Morgan fingerprint density at radius 2 is 2.11 bits per heavy atom. The summed E-state index contributed by atoms with van der Waals surface area (Å²) in [6, 6.07) is 1.92. The highest BCUT2D eigenvalue weighted by atomic mass is 79.9. The van der Waals surface area contributed by atoms with Crippen LogP contribution in [0, 0.1) is 0 Å². The number of nitrogens with one attached hydrogen (secondary N) is 1. The molecule has 4 nitrogen and oxygen atoms in total. The van der Waals surface area contributed by atoms with Crippen LogP contribution in [-0.4, -0.2) is 27.0 Å². The molecular weight excluding hydrogens is 298 g/mol. The average molecular weight is 314 g/mol. The minimum atomic E-state index is 0.299. The second-order valence-corrected chi connectivity index (χ2v) is 5.42. The molecule has 98 valence electrons. The van der Waals surface area contributed by atoms with Crippen molar-refractivity contribution >= 4 is 15.9 Å². The lowest BCUT2D eigenvalue weighted by atomic mass is 9.88. The van der Waals surface area contributed by atoms with Crippen molar-refractivity contribution < 1.29 is 14.2 Å². The minimum absolute atomic E-state index is 0.299. The Morgan fingerprint density at radius 1 is 1.33 bits per heavy atom. The lowest BCUT2D eigenvalue weighted by Crippen LogP contribution is -2.27. The number of fused-ring (bicyclic) bond motifs is 1. The first kappa shape index (κ1) is 12.1. The SMILES string of the molecule is COc1c(Br)cc2c(c1C1CCNCC1)OCO2. The van der Waals surface area contributed by atoms with Crippen LogP contribution in [0.5, 0.6) is 17.2 Å². The van der Waals surface area contributed by atoms with Crippen molar-refractivity contribution in [2.75, 3.05) is 27.0 Å². The van der Waals surface area contributed by atoms with E-state index in [1.165, 1.54) is 0 Å². The van der Waals surface area contributed by atoms with E-state index >= 15 is 0 Å². The Morgan fingerprint density at radius 3 is 2.83 bits per heavy atom. The Kier molecular flexibility index (Phi) is 3.35. The molecule has 0 aliphatic carbocycles. The van der Waals surface area contributed by atoms with Gasteiger partial charge in [-0.3, -0.25) is 0 Å². The van der Waals surface area contributed by atoms with Crippen LogP contribution >= 0.6 is 15.9 Å². The van der Waals surface area contributed by atoms with E-state index < -0.39 is 0 Å². The Bertz CT molecular complexity index is 454. The van der Waals surface area contributed by atoms with Crippen molar-refractivity contribution in [2.45, 2.75) is 18.8 Å². The van der Waals surface area contributed by atoms with Crippen molar-refractivity contribution in [3.05, 3.63) is 16.1 Å². The number of hydrogen-bond acceptors (Lipinski definition) is 4. The van der Waals surface area contributed by atoms with Crippen molar-refractivity contribution in [3.63, 3.8) is 0 Å². The summed E-state index contributed by atoms with van der Waals surface area (Å²) in [5.41, 5.74) is 1.15. The summed E-state index contributed by atoms with van der Waals surface area (Å²) in [5, 5.41) is 3.38. The van der Waals surface area contributed by atoms with E-state index in [2.05, 4.69) is 21.2 Å². The van der Waals surface area contributed by atoms with Gasteiger partial charge in [-0.25, -0.2) is 0 Å². The van der Waals surface area contributed by atoms with Crippen LogP contribution in [0.4, 0.5) is 0 Å². The van der Waals surface area contributed by atoms with Crippen LogP contribution in [-0.2, 0) is 0 Å². The van der Waals surface area contributed by atoms with E-state index in [1.54, 1.807) is 7.11 Å². The first-order valence-corrected chi connectivity index (χ1v) is 6.97. The first-order chi connectivity index (χ1) is 8.81. The molecule has 0 unspecified atom stereocenters. The van der Waals surface area contributed by atoms with E-state index in [0.29, 0.717) is 12.7 Å². The number of piperidine rings is 1. The highest BCUT2D eigenvalue weighted by Crippen LogP contribution is 2.50. The van der Waals surface area contributed by atoms with Gasteiger partial charge >= 0.3 is 0 Å². The molecule has 3 rings (SSSR count). The van der Waals surface area contributed by atoms with E-state index in [0.717, 1.165) is 53.2 Å². The number of halogens is 1. The number of rotatable bonds is 2. The maximum atomic E-state index is 5.64. The van der Waals surface area contributed by atoms with Gasteiger partial charge in [0.25, 0.3) is 0 Å². The predicted molar refractivity (Wildman–Crippen MR) is 71.7 cm³/mol. The van der Waals surface area contributed by atoms with Gasteiger partial charge in [0.1, 0.15) is 5.75 Å². The summed E-state index contributed by atoms with van der Waals surface area (Å²) in [5.74, 6) is 3.03. The fourth-order valence-corrected chi connectivity index (χ4v) is 3.29. The summed E-state index contributed by atoms with van der Waals surface area (Å²) < 4.78 is 17.6. The third-order valence-corrected chi connectivity index (χ3v) is 4.15. The van der Waals surface area contributed by atoms with Crippen molar-refractivity contribution in [2.24, 2.45) is 0 Å². The van der Waals surface area contributed by atoms with Gasteiger partial charge in [0, 0.05) is 11.6 Å². The van der Waals surface area contributed by atoms with Gasteiger partial charge in [0.15, 0.2) is 11.5 Å². The predicted octanol–water partition coefficient (Wildman–Crippen LogP) is 2.65. The maximum absolute atomic E-state index is 5.64. The molecule has 0 amide bonds. The van der Waals surface area contributed by atoms with Crippen LogP contribution < -0.4 is 19.5 Å². The molecule has 2 aliphatic heterocycles. The van der Waals surface area contributed by atoms with E-state index in [4.69, 9.17) is 14.2 Å². The fourth-order valence-electron chi connectivity index (χ4n) is 2.71. The van der Waals surface area contributed by atoms with Gasteiger partial charge in [0.05, 0.1) is 11.6 Å². The monoisotopic (exact) mass is 313 g/mol. The molecule has 5 heteroatoms. The molecule has 0 bridgehead atoms. The van der Waals surface area contributed by atoms with Gasteiger partial charge in [-0.1, -0.05) is 0 Å². The maximum Gasteiger partial charge on any atom is 0.231 e. The number of hydrogen-bond donors (Lipinski definition) is 1. The summed E-state index contributed by atoms with van der Waals surface area (Å²) in [6.07, 6.45) is 2.20. The largest absolute Gasteiger partial charge is 0.495 e. The van der Waals surface area contributed by atoms with Crippen LogP contribution in [0.3, 0.4) is 0 Å². The number of ether oxygens (including phenoxy) is 3. The van der Waals surface area contributed by atoms with Gasteiger partial charge < -0.3 is 19.5 Å². The van der Waals surface area contributed by atoms with Crippen molar-refractivity contribution in [3.8, 4) is 17.2 Å². The molecule has 1 saturated heterocycles. The molecular formula is C13H16BrNO3. The molecule has 1 N–H and O–H groups in total. The minimum Gasteiger partial charge on any atom is -0.495 e. The van der Waals surface area contributed by atoms with Crippen molar-refractivity contribution in [1.29, 1.82) is 0 Å². The van der Waals surface area contributed by atoms with Gasteiger partial charge in [-0.2, -0.15) is 0 Å². The summed E-state index contributed by atoms with van der Waals surface area (Å²) in [6.45, 7) is 2.37. The van der Waals surface area contributed by atoms with Gasteiger partial charge in [-0.05, 0) is 47.8 Å².